The molecule has 0 bridgehead atoms. The number of hydrogen-bond donors (Lipinski definition) is 3. The predicted octanol–water partition coefficient (Wildman–Crippen LogP) is 0.685. The van der Waals surface area contributed by atoms with Crippen LogP contribution in [0, 0.1) is 0 Å². The first kappa shape index (κ1) is 11.4. The van der Waals surface area contributed by atoms with E-state index in [1.807, 2.05) is 7.05 Å². The van der Waals surface area contributed by atoms with Gasteiger partial charge in [0.15, 0.2) is 0 Å². The van der Waals surface area contributed by atoms with Crippen molar-refractivity contribution in [3.8, 4) is 0 Å². The second kappa shape index (κ2) is 4.86. The number of hydrogen-bond acceptors (Lipinski definition) is 5. The molecule has 0 aliphatic rings. The summed E-state index contributed by atoms with van der Waals surface area (Å²) >= 11 is 0. The maximum atomic E-state index is 6.04. The number of nitrogen functional groups attached to an aromatic ring is 1. The summed E-state index contributed by atoms with van der Waals surface area (Å²) in [5.74, 6) is 1.59. The Morgan fingerprint density at radius 3 is 3.00 bits per heavy atom. The Balaban J connectivity index is 2.10. The zero-order valence-corrected chi connectivity index (χ0v) is 10.1. The fourth-order valence-corrected chi connectivity index (χ4v) is 1.71. The summed E-state index contributed by atoms with van der Waals surface area (Å²) in [6.45, 7) is 2.66. The summed E-state index contributed by atoms with van der Waals surface area (Å²) in [6.07, 6.45) is 3.40. The second-order valence-electron chi connectivity index (χ2n) is 3.87. The molecule has 0 aliphatic heterocycles. The largest absolute Gasteiger partial charge is 0.394 e. The molecule has 2 rings (SSSR count). The highest BCUT2D eigenvalue weighted by Gasteiger charge is 2.12. The van der Waals surface area contributed by atoms with Crippen LogP contribution in [0.25, 0.3) is 0 Å². The van der Waals surface area contributed by atoms with Crippen molar-refractivity contribution in [1.29, 1.82) is 0 Å². The van der Waals surface area contributed by atoms with Gasteiger partial charge in [-0.3, -0.25) is 9.78 Å². The van der Waals surface area contributed by atoms with Gasteiger partial charge >= 0.3 is 0 Å². The summed E-state index contributed by atoms with van der Waals surface area (Å²) in [5, 5.41) is 14.2. The lowest BCUT2D eigenvalue weighted by Crippen LogP contribution is -2.07. The third-order valence-electron chi connectivity index (χ3n) is 2.54. The lowest BCUT2D eigenvalue weighted by Gasteiger charge is -2.05. The van der Waals surface area contributed by atoms with Crippen LogP contribution in [0.3, 0.4) is 0 Å². The Hall–Kier alpha value is -2.05. The van der Waals surface area contributed by atoms with E-state index in [9.17, 15) is 0 Å². The minimum Gasteiger partial charge on any atom is -0.394 e. The van der Waals surface area contributed by atoms with Gasteiger partial charge in [0, 0.05) is 7.05 Å². The van der Waals surface area contributed by atoms with Gasteiger partial charge in [-0.15, -0.1) is 0 Å². The Labute approximate surface area is 99.4 Å². The number of aromatic amines is 1. The van der Waals surface area contributed by atoms with Crippen LogP contribution in [0.5, 0.6) is 0 Å². The van der Waals surface area contributed by atoms with E-state index in [4.69, 9.17) is 5.73 Å². The summed E-state index contributed by atoms with van der Waals surface area (Å²) in [7, 11) is 1.87. The number of rotatable bonds is 5. The van der Waals surface area contributed by atoms with Crippen molar-refractivity contribution in [3.63, 3.8) is 0 Å². The van der Waals surface area contributed by atoms with Crippen molar-refractivity contribution < 1.29 is 0 Å². The Morgan fingerprint density at radius 2 is 2.35 bits per heavy atom. The summed E-state index contributed by atoms with van der Waals surface area (Å²) < 4.78 is 1.76. The van der Waals surface area contributed by atoms with Crippen LogP contribution in [0.1, 0.15) is 24.9 Å². The molecule has 4 N–H and O–H groups in total. The van der Waals surface area contributed by atoms with Gasteiger partial charge in [-0.2, -0.15) is 10.2 Å². The topological polar surface area (TPSA) is 97.4 Å². The zero-order chi connectivity index (χ0) is 12.3. The van der Waals surface area contributed by atoms with E-state index in [0.717, 1.165) is 30.2 Å². The van der Waals surface area contributed by atoms with E-state index in [2.05, 4.69) is 32.5 Å². The minimum atomic E-state index is 0.551. The van der Waals surface area contributed by atoms with Crippen molar-refractivity contribution in [3.05, 3.63) is 17.8 Å². The lowest BCUT2D eigenvalue weighted by atomic mass is 10.2. The first-order valence-corrected chi connectivity index (χ1v) is 5.61. The van der Waals surface area contributed by atoms with E-state index in [1.54, 1.807) is 4.68 Å². The van der Waals surface area contributed by atoms with Crippen molar-refractivity contribution in [1.82, 2.24) is 25.0 Å². The first-order chi connectivity index (χ1) is 8.22. The van der Waals surface area contributed by atoms with E-state index >= 15 is 0 Å². The average Bonchev–Trinajstić information content (AvgIpc) is 2.88. The molecule has 17 heavy (non-hydrogen) atoms. The molecule has 2 aromatic heterocycles. The fourth-order valence-electron chi connectivity index (χ4n) is 1.71. The van der Waals surface area contributed by atoms with Gasteiger partial charge in [-0.25, -0.2) is 4.98 Å². The Bertz CT molecular complexity index is 471. The molecule has 0 saturated carbocycles. The molecule has 7 nitrogen and oxygen atoms in total. The monoisotopic (exact) mass is 235 g/mol. The molecule has 0 spiro atoms. The van der Waals surface area contributed by atoms with Crippen molar-refractivity contribution in [2.75, 3.05) is 11.1 Å². The zero-order valence-electron chi connectivity index (χ0n) is 10.1. The molecule has 0 amide bonds. The predicted molar refractivity (Wildman–Crippen MR) is 65.3 cm³/mol. The SMILES string of the molecule is CCCc1nn(C)c(NCc2ncn[nH]2)c1N. The van der Waals surface area contributed by atoms with Gasteiger partial charge < -0.3 is 11.1 Å². The van der Waals surface area contributed by atoms with Crippen LogP contribution in [0.2, 0.25) is 0 Å². The molecule has 2 aromatic rings. The second-order valence-corrected chi connectivity index (χ2v) is 3.87. The smallest absolute Gasteiger partial charge is 0.148 e. The lowest BCUT2D eigenvalue weighted by molar-refractivity contribution is 0.733. The van der Waals surface area contributed by atoms with Gasteiger partial charge in [-0.1, -0.05) is 13.3 Å². The summed E-state index contributed by atoms with van der Waals surface area (Å²) in [4.78, 5) is 4.03. The Morgan fingerprint density at radius 1 is 1.53 bits per heavy atom. The molecule has 0 saturated heterocycles. The number of nitrogens with zero attached hydrogens (tertiary/aromatic N) is 4. The number of anilines is 2. The number of aryl methyl sites for hydroxylation is 2. The molecule has 0 unspecified atom stereocenters. The molecule has 2 heterocycles. The van der Waals surface area contributed by atoms with Crippen LogP contribution in [0.4, 0.5) is 11.5 Å². The Kier molecular flexibility index (Phi) is 3.27. The molecule has 0 radical (unpaired) electrons. The third kappa shape index (κ3) is 2.38. The van der Waals surface area contributed by atoms with Gasteiger partial charge in [0.1, 0.15) is 18.0 Å². The molecule has 0 atom stereocenters. The van der Waals surface area contributed by atoms with Crippen LogP contribution in [0.15, 0.2) is 6.33 Å². The average molecular weight is 235 g/mol. The van der Waals surface area contributed by atoms with Crippen LogP contribution in [-0.4, -0.2) is 25.0 Å². The fraction of sp³-hybridized carbons (Fsp3) is 0.500. The molecule has 92 valence electrons. The maximum absolute atomic E-state index is 6.04. The molecule has 0 fully saturated rings. The number of aromatic nitrogens is 5. The van der Waals surface area contributed by atoms with E-state index in [-0.39, 0.29) is 0 Å². The summed E-state index contributed by atoms with van der Waals surface area (Å²) in [6, 6.07) is 0. The minimum absolute atomic E-state index is 0.551. The highest BCUT2D eigenvalue weighted by atomic mass is 15.3. The third-order valence-corrected chi connectivity index (χ3v) is 2.54. The standard InChI is InChI=1S/C10H17N7/c1-3-4-7-9(11)10(17(2)16-7)12-5-8-13-6-14-15-8/h6,12H,3-5,11H2,1-2H3,(H,13,14,15). The molecular formula is C10H17N7. The van der Waals surface area contributed by atoms with E-state index in [1.165, 1.54) is 6.33 Å². The number of H-pyrrole nitrogens is 1. The number of nitrogens with one attached hydrogen (secondary N) is 2. The first-order valence-electron chi connectivity index (χ1n) is 5.61. The van der Waals surface area contributed by atoms with Crippen molar-refractivity contribution >= 4 is 11.5 Å². The molecular weight excluding hydrogens is 218 g/mol. The molecule has 0 aromatic carbocycles. The van der Waals surface area contributed by atoms with Gasteiger partial charge in [-0.05, 0) is 6.42 Å². The summed E-state index contributed by atoms with van der Waals surface area (Å²) in [5.41, 5.74) is 7.69. The van der Waals surface area contributed by atoms with Crippen LogP contribution in [-0.2, 0) is 20.0 Å². The molecule has 0 aliphatic carbocycles. The normalized spacial score (nSPS) is 10.7. The number of nitrogens with two attached hydrogens (primary N) is 1. The van der Waals surface area contributed by atoms with Crippen molar-refractivity contribution in [2.45, 2.75) is 26.3 Å². The highest BCUT2D eigenvalue weighted by Crippen LogP contribution is 2.23. The van der Waals surface area contributed by atoms with Crippen LogP contribution >= 0.6 is 0 Å². The highest BCUT2D eigenvalue weighted by molar-refractivity contribution is 5.64. The van der Waals surface area contributed by atoms with Gasteiger partial charge in [0.25, 0.3) is 0 Å². The quantitative estimate of drug-likeness (QED) is 0.708. The maximum Gasteiger partial charge on any atom is 0.148 e. The van der Waals surface area contributed by atoms with Gasteiger partial charge in [0.2, 0.25) is 0 Å². The van der Waals surface area contributed by atoms with Crippen molar-refractivity contribution in [2.24, 2.45) is 7.05 Å². The van der Waals surface area contributed by atoms with E-state index in [0.29, 0.717) is 12.2 Å². The van der Waals surface area contributed by atoms with Crippen LogP contribution < -0.4 is 11.1 Å². The van der Waals surface area contributed by atoms with Gasteiger partial charge in [0.05, 0.1) is 17.9 Å². The van der Waals surface area contributed by atoms with E-state index < -0.39 is 0 Å². The molecule has 7 heteroatoms.